The number of piperidine rings is 1. The topological polar surface area (TPSA) is 271 Å². The van der Waals surface area contributed by atoms with Gasteiger partial charge >= 0.3 is 12.4 Å². The zero-order valence-electron chi connectivity index (χ0n) is 35.6. The number of alkyl halides is 6. The number of rotatable bonds is 20. The summed E-state index contributed by atoms with van der Waals surface area (Å²) in [4.78, 5) is 86.2. The van der Waals surface area contributed by atoms with E-state index in [2.05, 4.69) is 41.4 Å². The van der Waals surface area contributed by atoms with Gasteiger partial charge in [-0.05, 0) is 48.0 Å². The number of ether oxygens (including phenoxy) is 3. The van der Waals surface area contributed by atoms with Crippen molar-refractivity contribution in [3.63, 3.8) is 0 Å². The summed E-state index contributed by atoms with van der Waals surface area (Å²) >= 11 is 0. The van der Waals surface area contributed by atoms with E-state index in [0.29, 0.717) is 24.0 Å². The highest BCUT2D eigenvalue weighted by molar-refractivity contribution is 6.26. The van der Waals surface area contributed by atoms with Gasteiger partial charge in [0.05, 0.1) is 71.9 Å². The number of amides is 6. The second-order valence-corrected chi connectivity index (χ2v) is 15.0. The van der Waals surface area contributed by atoms with Gasteiger partial charge in [0.15, 0.2) is 5.69 Å². The Hall–Kier alpha value is -7.94. The van der Waals surface area contributed by atoms with Gasteiger partial charge in [0.1, 0.15) is 37.4 Å². The third-order valence-corrected chi connectivity index (χ3v) is 10.3. The Morgan fingerprint density at radius 2 is 1.65 bits per heavy atom. The van der Waals surface area contributed by atoms with E-state index in [1.165, 1.54) is 36.5 Å². The fourth-order valence-corrected chi connectivity index (χ4v) is 7.05. The number of aromatic amines is 1. The normalized spacial score (nSPS) is 15.0. The van der Waals surface area contributed by atoms with Crippen molar-refractivity contribution in [3.05, 3.63) is 89.1 Å². The number of hydrogen-bond acceptors (Lipinski definition) is 15. The van der Waals surface area contributed by atoms with Crippen LogP contribution in [0.25, 0.3) is 22.4 Å². The number of hydrogen-bond donors (Lipinski definition) is 5. The van der Waals surface area contributed by atoms with Crippen LogP contribution in [0, 0.1) is 0 Å². The number of aromatic hydroxyl groups is 1. The van der Waals surface area contributed by atoms with Crippen LogP contribution >= 0.6 is 0 Å². The van der Waals surface area contributed by atoms with Gasteiger partial charge in [0.2, 0.25) is 23.6 Å². The van der Waals surface area contributed by atoms with Crippen LogP contribution in [-0.2, 0) is 47.4 Å². The molecule has 21 nitrogen and oxygen atoms in total. The zero-order valence-corrected chi connectivity index (χ0v) is 35.6. The lowest BCUT2D eigenvalue weighted by atomic mass is 9.98. The van der Waals surface area contributed by atoms with Crippen molar-refractivity contribution in [2.75, 3.05) is 51.5 Å². The number of nitrogens with zero attached hydrogens (tertiary/aromatic N) is 6. The molecule has 5 heterocycles. The predicted octanol–water partition coefficient (Wildman–Crippen LogP) is 3.10. The number of aryl methyl sites for hydroxylation is 1. The van der Waals surface area contributed by atoms with Crippen LogP contribution in [0.4, 0.5) is 32.0 Å². The molecule has 2 aromatic carbocycles. The van der Waals surface area contributed by atoms with E-state index < -0.39 is 77.5 Å². The van der Waals surface area contributed by atoms with Crippen molar-refractivity contribution in [2.24, 2.45) is 0 Å². The van der Waals surface area contributed by atoms with Gasteiger partial charge in [-0.15, -0.1) is 5.10 Å². The monoisotopic (exact) mass is 972 g/mol. The highest BCUT2D eigenvalue weighted by atomic mass is 19.4. The summed E-state index contributed by atoms with van der Waals surface area (Å²) in [6.07, 6.45) is -6.59. The molecule has 27 heteroatoms. The first kappa shape index (κ1) is 49.0. The highest BCUT2D eigenvalue weighted by Gasteiger charge is 2.46. The number of pyridine rings is 1. The fraction of sp³-hybridized carbons (Fsp3) is 0.333. The fourth-order valence-electron chi connectivity index (χ4n) is 7.05. The van der Waals surface area contributed by atoms with Crippen molar-refractivity contribution in [3.8, 4) is 33.9 Å². The molecule has 0 aliphatic carbocycles. The Balaban J connectivity index is 0.795. The number of nitrogens with one attached hydrogen (secondary N) is 4. The summed E-state index contributed by atoms with van der Waals surface area (Å²) in [7, 11) is 0. The molecular formula is C42H38F6N10O11. The smallest absolute Gasteiger partial charge is 0.435 e. The SMILES string of the molecule is O=C(CCc1cn(OCCOCCOCC(=O)Nc2cccc3c2C(=O)N(C2CCC(=O)NC2=O)C3=O)nn1)NCCOc1ccc(-c2cc(C(F)(F)F)n[nH]2)c(O)c1-c1cncc(C(F)(F)F)c1. The highest BCUT2D eigenvalue weighted by Crippen LogP contribution is 2.45. The first-order valence-corrected chi connectivity index (χ1v) is 20.6. The quantitative estimate of drug-likeness (QED) is 0.0426. The third kappa shape index (κ3) is 11.8. The maximum Gasteiger partial charge on any atom is 0.435 e. The van der Waals surface area contributed by atoms with Crippen LogP contribution in [0.1, 0.15) is 56.9 Å². The number of H-pyrrole nitrogens is 1. The molecule has 5 aromatic rings. The van der Waals surface area contributed by atoms with Crippen LogP contribution in [0.3, 0.4) is 0 Å². The van der Waals surface area contributed by atoms with Gasteiger partial charge in [-0.1, -0.05) is 10.9 Å². The van der Waals surface area contributed by atoms with Crippen molar-refractivity contribution in [1.29, 1.82) is 0 Å². The van der Waals surface area contributed by atoms with Crippen LogP contribution in [0.5, 0.6) is 11.5 Å². The van der Waals surface area contributed by atoms with Crippen molar-refractivity contribution in [1.82, 2.24) is 45.9 Å². The number of carbonyl (C=O) groups excluding carboxylic acids is 6. The Morgan fingerprint density at radius 3 is 2.41 bits per heavy atom. The van der Waals surface area contributed by atoms with E-state index in [0.717, 1.165) is 15.9 Å². The Labute approximate surface area is 384 Å². The van der Waals surface area contributed by atoms with Gasteiger partial charge < -0.3 is 34.8 Å². The number of anilines is 1. The maximum atomic E-state index is 13.5. The van der Waals surface area contributed by atoms with Crippen LogP contribution in [-0.4, -0.2) is 128 Å². The molecule has 5 N–H and O–H groups in total. The molecule has 69 heavy (non-hydrogen) atoms. The molecule has 7 rings (SSSR count). The van der Waals surface area contributed by atoms with Crippen LogP contribution in [0.2, 0.25) is 0 Å². The summed E-state index contributed by atoms with van der Waals surface area (Å²) < 4.78 is 96.7. The van der Waals surface area contributed by atoms with E-state index >= 15 is 0 Å². The molecule has 0 spiro atoms. The summed E-state index contributed by atoms with van der Waals surface area (Å²) in [6.45, 7) is -0.572. The van der Waals surface area contributed by atoms with Gasteiger partial charge in [-0.25, -0.2) is 0 Å². The lowest BCUT2D eigenvalue weighted by Gasteiger charge is -2.27. The Kier molecular flexibility index (Phi) is 14.9. The lowest BCUT2D eigenvalue weighted by molar-refractivity contribution is -0.141. The van der Waals surface area contributed by atoms with Crippen molar-refractivity contribution in [2.45, 2.75) is 44.1 Å². The Morgan fingerprint density at radius 1 is 0.870 bits per heavy atom. The number of aromatic nitrogens is 6. The van der Waals surface area contributed by atoms with Gasteiger partial charge in [-0.2, -0.15) is 31.4 Å². The summed E-state index contributed by atoms with van der Waals surface area (Å²) in [6, 6.07) is 6.86. The maximum absolute atomic E-state index is 13.5. The number of fused-ring (bicyclic) bond motifs is 1. The molecule has 0 radical (unpaired) electrons. The number of imide groups is 2. The van der Waals surface area contributed by atoms with Gasteiger partial charge in [0, 0.05) is 42.8 Å². The summed E-state index contributed by atoms with van der Waals surface area (Å²) in [5.41, 5.74) is -3.13. The molecule has 1 fully saturated rings. The minimum Gasteiger partial charge on any atom is -0.506 e. The Bertz CT molecular complexity index is 2760. The molecule has 1 saturated heterocycles. The minimum atomic E-state index is -4.82. The number of halogens is 6. The molecule has 364 valence electrons. The molecular weight excluding hydrogens is 935 g/mol. The van der Waals surface area contributed by atoms with Gasteiger partial charge in [0.25, 0.3) is 11.8 Å². The molecule has 1 atom stereocenters. The molecule has 2 aliphatic heterocycles. The third-order valence-electron chi connectivity index (χ3n) is 10.3. The minimum absolute atomic E-state index is 0.00203. The number of benzene rings is 2. The van der Waals surface area contributed by atoms with E-state index in [1.807, 2.05) is 0 Å². The first-order valence-electron chi connectivity index (χ1n) is 20.6. The van der Waals surface area contributed by atoms with E-state index in [-0.39, 0.29) is 110 Å². The number of carbonyl (C=O) groups is 6. The number of phenols is 1. The average molecular weight is 973 g/mol. The molecule has 0 bridgehead atoms. The average Bonchev–Trinajstić information content (AvgIpc) is 4.04. The standard InChI is InChI=1S/C42H38F6N10O11/c43-41(44,45)23-16-22(18-49-19-23)35-30(7-5-25(37(35)62)28-17-31(55-54-28)42(46,47)48)68-11-10-50-32(59)8-4-24-20-57(56-53-24)69-15-14-66-12-13-67-21-34(61)51-27-3-1-2-26-36(27)40(65)58(39(26)64)29-6-9-33(60)52-38(29)63/h1-3,5,7,16-20,29,62H,4,6,8-15,21H2,(H,50,59)(H,51,61)(H,54,55)(H,52,60,63). The zero-order chi connectivity index (χ0) is 49.5. The second kappa shape index (κ2) is 20.9. The van der Waals surface area contributed by atoms with Gasteiger partial charge in [-0.3, -0.25) is 49.1 Å². The first-order chi connectivity index (χ1) is 32.9. The molecule has 2 aliphatic rings. The number of phenolic OH excluding ortho intramolecular Hbond substituents is 1. The van der Waals surface area contributed by atoms with E-state index in [4.69, 9.17) is 19.0 Å². The van der Waals surface area contributed by atoms with Crippen molar-refractivity contribution >= 4 is 41.1 Å². The predicted molar refractivity (Wildman–Crippen MR) is 221 cm³/mol. The van der Waals surface area contributed by atoms with Crippen molar-refractivity contribution < 1.29 is 79.3 Å². The molecule has 3 aromatic heterocycles. The summed E-state index contributed by atoms with van der Waals surface area (Å²) in [5.74, 6) is -4.70. The lowest BCUT2D eigenvalue weighted by Crippen LogP contribution is -2.54. The van der Waals surface area contributed by atoms with Crippen LogP contribution in [0.15, 0.2) is 61.1 Å². The van der Waals surface area contributed by atoms with Crippen LogP contribution < -0.4 is 25.5 Å². The summed E-state index contributed by atoms with van der Waals surface area (Å²) in [5, 5.41) is 31.5. The second-order valence-electron chi connectivity index (χ2n) is 15.0. The van der Waals surface area contributed by atoms with E-state index in [9.17, 15) is 60.2 Å². The van der Waals surface area contributed by atoms with E-state index in [1.54, 1.807) is 0 Å². The molecule has 0 saturated carbocycles. The largest absolute Gasteiger partial charge is 0.506 e. The molecule has 1 unspecified atom stereocenters. The molecule has 6 amide bonds.